The van der Waals surface area contributed by atoms with Crippen LogP contribution in [0.25, 0.3) is 0 Å². The van der Waals surface area contributed by atoms with Crippen LogP contribution in [0.2, 0.25) is 0 Å². The van der Waals surface area contributed by atoms with Crippen molar-refractivity contribution in [1.29, 1.82) is 0 Å². The Morgan fingerprint density at radius 3 is 1.95 bits per heavy atom. The lowest BCUT2D eigenvalue weighted by Gasteiger charge is -2.47. The van der Waals surface area contributed by atoms with Crippen LogP contribution in [-0.2, 0) is 0 Å². The standard InChI is InChI=1S/C15H17O2P2S3/c1-16-12-3-7-14(8-4-12)18-11-19(21-18,22-20)15-9-5-13(17-2)6-10-15/h3-10,20H,11H2,1-2H3. The molecular formula is C15H17O2P2S3. The average molecular weight is 387 g/mol. The minimum absolute atomic E-state index is 0.129. The van der Waals surface area contributed by atoms with Gasteiger partial charge in [-0.05, 0) is 66.3 Å². The number of benzene rings is 2. The molecule has 7 heteroatoms. The van der Waals surface area contributed by atoms with Crippen molar-refractivity contribution in [2.75, 3.05) is 20.1 Å². The van der Waals surface area contributed by atoms with E-state index in [4.69, 9.17) is 9.47 Å². The van der Waals surface area contributed by atoms with Gasteiger partial charge in [0, 0.05) is 11.6 Å². The van der Waals surface area contributed by atoms with Gasteiger partial charge in [0.1, 0.15) is 11.5 Å². The maximum absolute atomic E-state index is 5.25. The highest BCUT2D eigenvalue weighted by molar-refractivity contribution is 9.25. The summed E-state index contributed by atoms with van der Waals surface area (Å²) in [6, 6.07) is 17.0. The number of rotatable bonds is 5. The molecule has 2 atom stereocenters. The average Bonchev–Trinajstić information content (AvgIpc) is 2.55. The minimum Gasteiger partial charge on any atom is -0.497 e. The Morgan fingerprint density at radius 1 is 1.00 bits per heavy atom. The lowest BCUT2D eigenvalue weighted by Crippen LogP contribution is -2.17. The van der Waals surface area contributed by atoms with E-state index in [0.29, 0.717) is 0 Å². The van der Waals surface area contributed by atoms with Crippen molar-refractivity contribution in [3.05, 3.63) is 48.5 Å². The summed E-state index contributed by atoms with van der Waals surface area (Å²) in [6.07, 6.45) is 0. The van der Waals surface area contributed by atoms with Crippen LogP contribution in [0.1, 0.15) is 0 Å². The normalized spacial score (nSPS) is 23.7. The fourth-order valence-electron chi connectivity index (χ4n) is 2.22. The van der Waals surface area contributed by atoms with Crippen LogP contribution in [0, 0.1) is 0 Å². The Bertz CT molecular complexity index is 628. The Balaban J connectivity index is 1.74. The van der Waals surface area contributed by atoms with Gasteiger partial charge in [-0.1, -0.05) is 21.4 Å². The fraction of sp³-hybridized carbons (Fsp3) is 0.200. The zero-order valence-electron chi connectivity index (χ0n) is 12.3. The van der Waals surface area contributed by atoms with Crippen LogP contribution in [0.5, 0.6) is 11.5 Å². The zero-order valence-corrected chi connectivity index (χ0v) is 16.6. The predicted molar refractivity (Wildman–Crippen MR) is 108 cm³/mol. The molecule has 0 aromatic heterocycles. The van der Waals surface area contributed by atoms with E-state index < -0.39 is 5.67 Å². The van der Waals surface area contributed by atoms with Gasteiger partial charge in [-0.25, -0.2) is 0 Å². The molecule has 1 fully saturated rings. The first-order valence-electron chi connectivity index (χ1n) is 6.68. The molecule has 0 amide bonds. The molecule has 3 rings (SSSR count). The van der Waals surface area contributed by atoms with Crippen molar-refractivity contribution in [3.63, 3.8) is 0 Å². The SMILES string of the molecule is COc1ccc(P2C[P](SS)(c3ccc(OC)cc3)S2)cc1. The van der Waals surface area contributed by atoms with Gasteiger partial charge in [0.25, 0.3) is 0 Å². The minimum atomic E-state index is -1.23. The molecule has 2 nitrogen and oxygen atoms in total. The molecular weight excluding hydrogens is 370 g/mol. The van der Waals surface area contributed by atoms with Gasteiger partial charge < -0.3 is 9.47 Å². The second-order valence-electron chi connectivity index (χ2n) is 4.75. The third-order valence-corrected chi connectivity index (χ3v) is 26.0. The van der Waals surface area contributed by atoms with Crippen LogP contribution < -0.4 is 20.1 Å². The second kappa shape index (κ2) is 7.23. The molecule has 1 aliphatic rings. The number of thiol groups is 1. The summed E-state index contributed by atoms with van der Waals surface area (Å²) in [7, 11) is 5.03. The van der Waals surface area contributed by atoms with Crippen LogP contribution in [0.15, 0.2) is 48.5 Å². The first kappa shape index (κ1) is 16.8. The van der Waals surface area contributed by atoms with Gasteiger partial charge in [0.05, 0.1) is 14.2 Å². The maximum atomic E-state index is 5.25. The predicted octanol–water partition coefficient (Wildman–Crippen LogP) is 5.18. The number of ether oxygens (including phenoxy) is 2. The fourth-order valence-corrected chi connectivity index (χ4v) is 26.2. The third kappa shape index (κ3) is 3.25. The molecule has 1 heterocycles. The monoisotopic (exact) mass is 387 g/mol. The van der Waals surface area contributed by atoms with Crippen molar-refractivity contribution < 1.29 is 9.47 Å². The zero-order chi connectivity index (χ0) is 15.6. The summed E-state index contributed by atoms with van der Waals surface area (Å²) in [6.45, 7) is 0. The van der Waals surface area contributed by atoms with E-state index in [1.807, 2.05) is 0 Å². The Kier molecular flexibility index (Phi) is 5.52. The van der Waals surface area contributed by atoms with E-state index in [1.54, 1.807) is 24.6 Å². The molecule has 1 radical (unpaired) electrons. The molecule has 2 aromatic carbocycles. The maximum Gasteiger partial charge on any atom is 0.118 e. The lowest BCUT2D eigenvalue weighted by atomic mass is 10.3. The van der Waals surface area contributed by atoms with Crippen LogP contribution in [0.3, 0.4) is 0 Å². The topological polar surface area (TPSA) is 18.5 Å². The summed E-state index contributed by atoms with van der Waals surface area (Å²) in [5.41, 5.74) is -1.23. The summed E-state index contributed by atoms with van der Waals surface area (Å²) >= 11 is 6.72. The largest absolute Gasteiger partial charge is 0.497 e. The number of hydrogen-bond acceptors (Lipinski definition) is 5. The number of methoxy groups -OCH3 is 2. The summed E-state index contributed by atoms with van der Waals surface area (Å²) in [5.74, 6) is 3.08. The van der Waals surface area contributed by atoms with Crippen LogP contribution >= 0.6 is 45.9 Å². The summed E-state index contributed by atoms with van der Waals surface area (Å²) in [5, 5.41) is 2.86. The molecule has 0 aliphatic carbocycles. The Hall–Kier alpha value is -0.0500. The van der Waals surface area contributed by atoms with Gasteiger partial charge in [0.2, 0.25) is 0 Å². The van der Waals surface area contributed by atoms with E-state index in [9.17, 15) is 0 Å². The molecule has 0 N–H and O–H groups in total. The first-order valence-corrected chi connectivity index (χ1v) is 14.7. The van der Waals surface area contributed by atoms with Gasteiger partial charge in [-0.3, -0.25) is 0 Å². The molecule has 0 saturated carbocycles. The Labute approximate surface area is 145 Å². The van der Waals surface area contributed by atoms with Gasteiger partial charge in [-0.2, -0.15) is 0 Å². The first-order chi connectivity index (χ1) is 10.7. The van der Waals surface area contributed by atoms with Crippen molar-refractivity contribution in [2.45, 2.75) is 0 Å². The molecule has 0 bridgehead atoms. The molecule has 0 spiro atoms. The van der Waals surface area contributed by atoms with Crippen molar-refractivity contribution in [3.8, 4) is 11.5 Å². The number of hydrogen-bond donors (Lipinski definition) is 1. The van der Waals surface area contributed by atoms with Crippen LogP contribution in [0.4, 0.5) is 0 Å². The van der Waals surface area contributed by atoms with Crippen LogP contribution in [-0.4, -0.2) is 20.1 Å². The quantitative estimate of drug-likeness (QED) is 0.433. The van der Waals surface area contributed by atoms with E-state index in [0.717, 1.165) is 11.5 Å². The van der Waals surface area contributed by atoms with Crippen molar-refractivity contribution in [1.82, 2.24) is 0 Å². The smallest absolute Gasteiger partial charge is 0.118 e. The van der Waals surface area contributed by atoms with Crippen molar-refractivity contribution >= 4 is 56.5 Å². The Morgan fingerprint density at radius 2 is 1.50 bits per heavy atom. The van der Waals surface area contributed by atoms with Gasteiger partial charge >= 0.3 is 0 Å². The van der Waals surface area contributed by atoms with Gasteiger partial charge in [0.15, 0.2) is 0 Å². The highest BCUT2D eigenvalue weighted by Gasteiger charge is 2.45. The van der Waals surface area contributed by atoms with Crippen molar-refractivity contribution in [2.24, 2.45) is 0 Å². The molecule has 1 aliphatic heterocycles. The van der Waals surface area contributed by atoms with E-state index in [-0.39, 0.29) is 7.12 Å². The molecule has 22 heavy (non-hydrogen) atoms. The molecule has 2 unspecified atom stereocenters. The van der Waals surface area contributed by atoms with E-state index in [1.165, 1.54) is 16.5 Å². The second-order valence-corrected chi connectivity index (χ2v) is 19.0. The molecule has 2 aromatic rings. The van der Waals surface area contributed by atoms with E-state index >= 15 is 0 Å². The third-order valence-electron chi connectivity index (χ3n) is 3.50. The highest BCUT2D eigenvalue weighted by Crippen LogP contribution is 2.99. The van der Waals surface area contributed by atoms with Gasteiger partial charge in [-0.15, -0.1) is 11.7 Å². The highest BCUT2D eigenvalue weighted by atomic mass is 33.5. The molecule has 1 saturated heterocycles. The summed E-state index contributed by atoms with van der Waals surface area (Å²) < 4.78 is 10.5. The lowest BCUT2D eigenvalue weighted by molar-refractivity contribution is 0.415. The molecule has 117 valence electrons. The van der Waals surface area contributed by atoms with E-state index in [2.05, 4.69) is 71.2 Å². The summed E-state index contributed by atoms with van der Waals surface area (Å²) in [4.78, 5) is 0.